The van der Waals surface area contributed by atoms with Crippen molar-refractivity contribution in [3.63, 3.8) is 0 Å². The first kappa shape index (κ1) is 22.1. The van der Waals surface area contributed by atoms with Crippen molar-refractivity contribution < 1.29 is 22.6 Å². The van der Waals surface area contributed by atoms with Gasteiger partial charge in [-0.3, -0.25) is 0 Å². The zero-order valence-electron chi connectivity index (χ0n) is 18.4. The number of imidazole rings is 1. The third-order valence-electron chi connectivity index (χ3n) is 6.37. The van der Waals surface area contributed by atoms with Crippen LogP contribution in [0.1, 0.15) is 49.2 Å². The van der Waals surface area contributed by atoms with Gasteiger partial charge < -0.3 is 18.8 Å². The van der Waals surface area contributed by atoms with Crippen molar-refractivity contribution in [2.24, 2.45) is 0 Å². The predicted octanol–water partition coefficient (Wildman–Crippen LogP) is 3.13. The van der Waals surface area contributed by atoms with Crippen molar-refractivity contribution in [2.75, 3.05) is 40.5 Å². The lowest BCUT2D eigenvalue weighted by Crippen LogP contribution is -2.39. The molecule has 0 atom stereocenters. The van der Waals surface area contributed by atoms with Gasteiger partial charge in [0.05, 0.1) is 14.2 Å². The van der Waals surface area contributed by atoms with Gasteiger partial charge >= 0.3 is 0 Å². The Morgan fingerprint density at radius 3 is 2.42 bits per heavy atom. The molecule has 0 unspecified atom stereocenters. The predicted molar refractivity (Wildman–Crippen MR) is 116 cm³/mol. The summed E-state index contributed by atoms with van der Waals surface area (Å²) < 4.78 is 46.7. The summed E-state index contributed by atoms with van der Waals surface area (Å²) in [5, 5.41) is 0. The van der Waals surface area contributed by atoms with Gasteiger partial charge in [-0.25, -0.2) is 13.4 Å². The van der Waals surface area contributed by atoms with Crippen LogP contribution in [0.15, 0.2) is 29.3 Å². The number of aryl methyl sites for hydroxylation is 1. The maximum Gasteiger partial charge on any atom is 0.246 e. The molecule has 2 aliphatic rings. The topological polar surface area (TPSA) is 82.9 Å². The molecule has 8 nitrogen and oxygen atoms in total. The number of benzene rings is 1. The Labute approximate surface area is 184 Å². The second kappa shape index (κ2) is 9.18. The highest BCUT2D eigenvalue weighted by molar-refractivity contribution is 7.89. The molecule has 2 aromatic rings. The minimum Gasteiger partial charge on any atom is -0.497 e. The molecule has 1 aromatic heterocycles. The molecule has 2 saturated heterocycles. The van der Waals surface area contributed by atoms with E-state index >= 15 is 0 Å². The van der Waals surface area contributed by atoms with Gasteiger partial charge in [-0.1, -0.05) is 0 Å². The number of aromatic nitrogens is 2. The van der Waals surface area contributed by atoms with Gasteiger partial charge in [0.15, 0.2) is 0 Å². The monoisotopic (exact) mass is 449 g/mol. The zero-order valence-corrected chi connectivity index (χ0v) is 19.2. The zero-order chi connectivity index (χ0) is 22.0. The van der Waals surface area contributed by atoms with Crippen molar-refractivity contribution in [3.8, 4) is 11.5 Å². The molecule has 0 radical (unpaired) electrons. The van der Waals surface area contributed by atoms with Crippen molar-refractivity contribution in [1.82, 2.24) is 13.9 Å². The molecule has 0 saturated carbocycles. The highest BCUT2D eigenvalue weighted by atomic mass is 32.2. The van der Waals surface area contributed by atoms with Crippen LogP contribution in [0.5, 0.6) is 11.5 Å². The molecule has 0 spiro atoms. The first-order valence-corrected chi connectivity index (χ1v) is 12.2. The molecule has 3 heterocycles. The largest absolute Gasteiger partial charge is 0.497 e. The van der Waals surface area contributed by atoms with Crippen LogP contribution in [0.25, 0.3) is 0 Å². The Morgan fingerprint density at radius 2 is 1.77 bits per heavy atom. The number of methoxy groups -OCH3 is 2. The average Bonchev–Trinajstić information content (AvgIpc) is 3.20. The summed E-state index contributed by atoms with van der Waals surface area (Å²) in [5.41, 5.74) is 1.14. The molecule has 31 heavy (non-hydrogen) atoms. The van der Waals surface area contributed by atoms with Crippen LogP contribution >= 0.6 is 0 Å². The van der Waals surface area contributed by atoms with E-state index in [1.165, 1.54) is 20.3 Å². The van der Waals surface area contributed by atoms with Gasteiger partial charge in [-0.05, 0) is 44.7 Å². The Hall–Kier alpha value is -2.10. The van der Waals surface area contributed by atoms with Crippen LogP contribution in [0.4, 0.5) is 0 Å². The number of hydrogen-bond acceptors (Lipinski definition) is 6. The minimum atomic E-state index is -3.68. The van der Waals surface area contributed by atoms with E-state index in [1.807, 2.05) is 6.20 Å². The lowest BCUT2D eigenvalue weighted by molar-refractivity contribution is 0.0820. The number of rotatable bonds is 6. The summed E-state index contributed by atoms with van der Waals surface area (Å²) in [5.74, 6) is 2.35. The van der Waals surface area contributed by atoms with Crippen molar-refractivity contribution >= 4 is 10.0 Å². The molecule has 0 N–H and O–H groups in total. The lowest BCUT2D eigenvalue weighted by atomic mass is 9.98. The fourth-order valence-corrected chi connectivity index (χ4v) is 6.30. The van der Waals surface area contributed by atoms with Gasteiger partial charge in [-0.2, -0.15) is 4.31 Å². The van der Waals surface area contributed by atoms with Crippen LogP contribution in [0, 0.1) is 6.92 Å². The summed E-state index contributed by atoms with van der Waals surface area (Å²) in [6, 6.07) is 5.11. The summed E-state index contributed by atoms with van der Waals surface area (Å²) in [6.45, 7) is 4.54. The van der Waals surface area contributed by atoms with Crippen molar-refractivity contribution in [3.05, 3.63) is 35.9 Å². The number of hydrogen-bond donors (Lipinski definition) is 0. The first-order valence-electron chi connectivity index (χ1n) is 10.8. The molecule has 1 aromatic carbocycles. The fraction of sp³-hybridized carbons (Fsp3) is 0.591. The third kappa shape index (κ3) is 4.31. The summed E-state index contributed by atoms with van der Waals surface area (Å²) in [4.78, 5) is 4.86. The average molecular weight is 450 g/mol. The van der Waals surface area contributed by atoms with E-state index in [2.05, 4.69) is 11.5 Å². The second-order valence-corrected chi connectivity index (χ2v) is 10.1. The molecular weight excluding hydrogens is 418 g/mol. The van der Waals surface area contributed by atoms with Gasteiger partial charge in [0.25, 0.3) is 0 Å². The Balaban J connectivity index is 1.53. The van der Waals surface area contributed by atoms with Crippen molar-refractivity contribution in [1.29, 1.82) is 0 Å². The third-order valence-corrected chi connectivity index (χ3v) is 8.29. The Kier molecular flexibility index (Phi) is 6.55. The van der Waals surface area contributed by atoms with Crippen LogP contribution in [-0.2, 0) is 14.8 Å². The molecular formula is C22H31N3O5S. The molecule has 9 heteroatoms. The van der Waals surface area contributed by atoms with Gasteiger partial charge in [0.1, 0.15) is 22.2 Å². The van der Waals surface area contributed by atoms with E-state index in [0.29, 0.717) is 30.5 Å². The van der Waals surface area contributed by atoms with Crippen LogP contribution in [0.3, 0.4) is 0 Å². The van der Waals surface area contributed by atoms with E-state index < -0.39 is 10.0 Å². The molecule has 4 rings (SSSR count). The fourth-order valence-electron chi connectivity index (χ4n) is 4.66. The van der Waals surface area contributed by atoms with E-state index in [0.717, 1.165) is 50.4 Å². The van der Waals surface area contributed by atoms with Gasteiger partial charge in [0.2, 0.25) is 10.0 Å². The van der Waals surface area contributed by atoms with Gasteiger partial charge in [-0.15, -0.1) is 0 Å². The van der Waals surface area contributed by atoms with Crippen molar-refractivity contribution in [2.45, 2.75) is 49.5 Å². The normalized spacial score (nSPS) is 19.5. The standard InChI is InChI=1S/C22H31N3O5S/c1-16-15-23-22(17-8-12-30-13-9-17)25(16)18-6-10-24(11-7-18)31(26,27)21-14-19(28-2)4-5-20(21)29-3/h4-5,14-15,17-18H,6-13H2,1-3H3. The second-order valence-electron chi connectivity index (χ2n) is 8.17. The highest BCUT2D eigenvalue weighted by Gasteiger charge is 2.34. The number of nitrogens with zero attached hydrogens (tertiary/aromatic N) is 3. The smallest absolute Gasteiger partial charge is 0.246 e. The quantitative estimate of drug-likeness (QED) is 0.674. The SMILES string of the molecule is COc1ccc(OC)c(S(=O)(=O)N2CCC(n3c(C)cnc3C3CCOCC3)CC2)c1. The molecule has 2 fully saturated rings. The molecule has 0 aliphatic carbocycles. The summed E-state index contributed by atoms with van der Waals surface area (Å²) >= 11 is 0. The Bertz CT molecular complexity index is 1010. The van der Waals surface area contributed by atoms with Gasteiger partial charge in [0, 0.05) is 56.2 Å². The molecule has 170 valence electrons. The highest BCUT2D eigenvalue weighted by Crippen LogP contribution is 2.36. The molecule has 0 amide bonds. The minimum absolute atomic E-state index is 0.148. The summed E-state index contributed by atoms with van der Waals surface area (Å²) in [6.07, 6.45) is 5.41. The van der Waals surface area contributed by atoms with E-state index in [-0.39, 0.29) is 10.9 Å². The number of ether oxygens (including phenoxy) is 3. The van der Waals surface area contributed by atoms with E-state index in [9.17, 15) is 8.42 Å². The Morgan fingerprint density at radius 1 is 1.06 bits per heavy atom. The summed E-state index contributed by atoms with van der Waals surface area (Å²) in [7, 11) is -0.684. The first-order chi connectivity index (χ1) is 15.0. The van der Waals surface area contributed by atoms with E-state index in [4.69, 9.17) is 19.2 Å². The lowest BCUT2D eigenvalue weighted by Gasteiger charge is -2.34. The van der Waals surface area contributed by atoms with E-state index in [1.54, 1.807) is 16.4 Å². The molecule has 0 bridgehead atoms. The molecule has 2 aliphatic heterocycles. The maximum absolute atomic E-state index is 13.4. The van der Waals surface area contributed by atoms with Crippen LogP contribution < -0.4 is 9.47 Å². The number of sulfonamides is 1. The maximum atomic E-state index is 13.4. The van der Waals surface area contributed by atoms with Crippen LogP contribution in [-0.4, -0.2) is 62.8 Å². The number of piperidine rings is 1. The van der Waals surface area contributed by atoms with Crippen LogP contribution in [0.2, 0.25) is 0 Å².